The van der Waals surface area contributed by atoms with E-state index in [4.69, 9.17) is 15.0 Å². The first-order valence-electron chi connectivity index (χ1n) is 5.50. The van der Waals surface area contributed by atoms with Crippen molar-refractivity contribution in [3.05, 3.63) is 18.2 Å². The Labute approximate surface area is 104 Å². The third kappa shape index (κ3) is 2.71. The molecule has 0 radical (unpaired) electrons. The Morgan fingerprint density at radius 3 is 2.83 bits per heavy atom. The topological polar surface area (TPSA) is 90.4 Å². The Hall–Kier alpha value is -2.24. The average molecular weight is 249 g/mol. The van der Waals surface area contributed by atoms with Crippen LogP contribution in [0.25, 0.3) is 11.0 Å². The lowest BCUT2D eigenvalue weighted by Crippen LogP contribution is -2.27. The van der Waals surface area contributed by atoms with Crippen LogP contribution in [0.5, 0.6) is 0 Å². The number of nitrogen functional groups attached to an aromatic ring is 1. The number of anilines is 2. The molecular formula is C12H15N3O3. The fraction of sp³-hybridized carbons (Fsp3) is 0.333. The fourth-order valence-electron chi connectivity index (χ4n) is 1.46. The highest BCUT2D eigenvalue weighted by molar-refractivity contribution is 5.93. The molecule has 0 bridgehead atoms. The van der Waals surface area contributed by atoms with E-state index in [1.54, 1.807) is 39.0 Å². The van der Waals surface area contributed by atoms with Gasteiger partial charge in [0, 0.05) is 5.69 Å². The lowest BCUT2D eigenvalue weighted by molar-refractivity contribution is 0.0636. The monoisotopic (exact) mass is 249 g/mol. The van der Waals surface area contributed by atoms with Gasteiger partial charge in [-0.2, -0.15) is 0 Å². The summed E-state index contributed by atoms with van der Waals surface area (Å²) in [5.41, 5.74) is 6.24. The maximum atomic E-state index is 11.6. The number of ether oxygens (including phenoxy) is 1. The van der Waals surface area contributed by atoms with Gasteiger partial charge < -0.3 is 15.0 Å². The number of nitrogens with one attached hydrogen (secondary N) is 1. The number of benzene rings is 1. The molecule has 0 saturated heterocycles. The highest BCUT2D eigenvalue weighted by Crippen LogP contribution is 2.24. The summed E-state index contributed by atoms with van der Waals surface area (Å²) in [5.74, 6) is 0.290. The second-order valence-corrected chi connectivity index (χ2v) is 4.91. The number of fused-ring (bicyclic) bond motifs is 1. The number of nitrogens with two attached hydrogens (primary N) is 1. The number of rotatable bonds is 1. The molecule has 6 heteroatoms. The summed E-state index contributed by atoms with van der Waals surface area (Å²) < 4.78 is 10.1. The van der Waals surface area contributed by atoms with Gasteiger partial charge in [0.2, 0.25) is 0 Å². The molecular weight excluding hydrogens is 234 g/mol. The van der Waals surface area contributed by atoms with Gasteiger partial charge in [-0.3, -0.25) is 5.32 Å². The molecule has 1 aromatic heterocycles. The van der Waals surface area contributed by atoms with Gasteiger partial charge >= 0.3 is 6.09 Å². The van der Waals surface area contributed by atoms with Crippen molar-refractivity contribution in [1.82, 2.24) is 5.16 Å². The zero-order valence-electron chi connectivity index (χ0n) is 10.5. The minimum Gasteiger partial charge on any atom is -0.444 e. The average Bonchev–Trinajstić information content (AvgIpc) is 2.57. The maximum Gasteiger partial charge on any atom is 0.412 e. The number of carbonyl (C=O) groups is 1. The molecule has 6 nitrogen and oxygen atoms in total. The lowest BCUT2D eigenvalue weighted by Gasteiger charge is -2.19. The normalized spacial score (nSPS) is 11.5. The van der Waals surface area contributed by atoms with E-state index in [1.165, 1.54) is 0 Å². The molecule has 3 N–H and O–H groups in total. The molecule has 96 valence electrons. The molecule has 2 rings (SSSR count). The van der Waals surface area contributed by atoms with Crippen LogP contribution in [0.3, 0.4) is 0 Å². The molecule has 1 heterocycles. The van der Waals surface area contributed by atoms with Gasteiger partial charge in [-0.05, 0) is 39.0 Å². The summed E-state index contributed by atoms with van der Waals surface area (Å²) >= 11 is 0. The maximum absolute atomic E-state index is 11.6. The number of aromatic nitrogens is 1. The molecule has 0 fully saturated rings. The molecule has 0 unspecified atom stereocenters. The van der Waals surface area contributed by atoms with Crippen LogP contribution in [0.2, 0.25) is 0 Å². The number of amides is 1. The van der Waals surface area contributed by atoms with Crippen LogP contribution in [0.15, 0.2) is 22.7 Å². The predicted molar refractivity (Wildman–Crippen MR) is 68.3 cm³/mol. The van der Waals surface area contributed by atoms with Crippen molar-refractivity contribution in [2.45, 2.75) is 26.4 Å². The molecule has 1 amide bonds. The first-order chi connectivity index (χ1) is 8.35. The van der Waals surface area contributed by atoms with Gasteiger partial charge in [-0.1, -0.05) is 5.16 Å². The summed E-state index contributed by atoms with van der Waals surface area (Å²) in [6, 6.07) is 5.06. The van der Waals surface area contributed by atoms with E-state index in [9.17, 15) is 4.79 Å². The summed E-state index contributed by atoms with van der Waals surface area (Å²) in [6.07, 6.45) is -0.517. The van der Waals surface area contributed by atoms with Crippen molar-refractivity contribution < 1.29 is 14.1 Å². The Bertz CT molecular complexity index is 584. The second kappa shape index (κ2) is 4.21. The van der Waals surface area contributed by atoms with Gasteiger partial charge in [0.05, 0.1) is 5.39 Å². The zero-order valence-corrected chi connectivity index (χ0v) is 10.5. The van der Waals surface area contributed by atoms with Crippen molar-refractivity contribution in [2.75, 3.05) is 11.1 Å². The predicted octanol–water partition coefficient (Wildman–Crippen LogP) is 2.76. The highest BCUT2D eigenvalue weighted by atomic mass is 16.6. The molecule has 0 atom stereocenters. The van der Waals surface area contributed by atoms with Crippen LogP contribution in [0.4, 0.5) is 16.3 Å². The molecule has 0 aliphatic rings. The molecule has 1 aromatic carbocycles. The minimum absolute atomic E-state index is 0.290. The van der Waals surface area contributed by atoms with Gasteiger partial charge in [-0.15, -0.1) is 0 Å². The fourth-order valence-corrected chi connectivity index (χ4v) is 1.46. The summed E-state index contributed by atoms with van der Waals surface area (Å²) in [5, 5.41) is 6.91. The Balaban J connectivity index is 2.17. The molecule has 0 aliphatic heterocycles. The van der Waals surface area contributed by atoms with Crippen molar-refractivity contribution in [3.8, 4) is 0 Å². The molecule has 0 saturated carbocycles. The van der Waals surface area contributed by atoms with Crippen molar-refractivity contribution in [1.29, 1.82) is 0 Å². The Morgan fingerprint density at radius 2 is 2.17 bits per heavy atom. The summed E-state index contributed by atoms with van der Waals surface area (Å²) in [6.45, 7) is 5.40. The van der Waals surface area contributed by atoms with E-state index in [1.807, 2.05) is 0 Å². The first-order valence-corrected chi connectivity index (χ1v) is 5.50. The van der Waals surface area contributed by atoms with E-state index in [2.05, 4.69) is 10.5 Å². The summed E-state index contributed by atoms with van der Waals surface area (Å²) in [4.78, 5) is 11.6. The number of hydrogen-bond donors (Lipinski definition) is 2. The van der Waals surface area contributed by atoms with Gasteiger partial charge in [0.25, 0.3) is 0 Å². The van der Waals surface area contributed by atoms with Crippen LogP contribution in [-0.2, 0) is 4.74 Å². The van der Waals surface area contributed by atoms with Gasteiger partial charge in [-0.25, -0.2) is 4.79 Å². The molecule has 0 spiro atoms. The highest BCUT2D eigenvalue weighted by Gasteiger charge is 2.16. The number of nitrogens with zero attached hydrogens (tertiary/aromatic N) is 1. The van der Waals surface area contributed by atoms with Crippen LogP contribution < -0.4 is 11.1 Å². The van der Waals surface area contributed by atoms with Crippen LogP contribution >= 0.6 is 0 Å². The lowest BCUT2D eigenvalue weighted by atomic mass is 10.2. The van der Waals surface area contributed by atoms with E-state index in [0.29, 0.717) is 16.7 Å². The second-order valence-electron chi connectivity index (χ2n) is 4.91. The SMILES string of the molecule is CC(C)(C)OC(=O)Nc1ccc2onc(N)c2c1. The van der Waals surface area contributed by atoms with E-state index in [-0.39, 0.29) is 5.82 Å². The van der Waals surface area contributed by atoms with E-state index >= 15 is 0 Å². The van der Waals surface area contributed by atoms with Crippen molar-refractivity contribution in [2.24, 2.45) is 0 Å². The molecule has 0 aliphatic carbocycles. The zero-order chi connectivity index (χ0) is 13.3. The van der Waals surface area contributed by atoms with Crippen molar-refractivity contribution >= 4 is 28.6 Å². The standard InChI is InChI=1S/C12H15N3O3/c1-12(2,3)17-11(16)14-7-4-5-9-8(6-7)10(13)15-18-9/h4-6H,1-3H3,(H2,13,15)(H,14,16). The largest absolute Gasteiger partial charge is 0.444 e. The van der Waals surface area contributed by atoms with Crippen LogP contribution in [-0.4, -0.2) is 16.9 Å². The third-order valence-electron chi connectivity index (χ3n) is 2.14. The Morgan fingerprint density at radius 1 is 1.44 bits per heavy atom. The quantitative estimate of drug-likeness (QED) is 0.810. The van der Waals surface area contributed by atoms with Crippen molar-refractivity contribution in [3.63, 3.8) is 0 Å². The van der Waals surface area contributed by atoms with Gasteiger partial charge in [0.1, 0.15) is 5.60 Å². The molecule has 2 aromatic rings. The summed E-state index contributed by atoms with van der Waals surface area (Å²) in [7, 11) is 0. The molecule has 18 heavy (non-hydrogen) atoms. The third-order valence-corrected chi connectivity index (χ3v) is 2.14. The van der Waals surface area contributed by atoms with Crippen LogP contribution in [0, 0.1) is 0 Å². The number of carbonyl (C=O) groups excluding carboxylic acids is 1. The minimum atomic E-state index is -0.537. The van der Waals surface area contributed by atoms with E-state index < -0.39 is 11.7 Å². The smallest absolute Gasteiger partial charge is 0.412 e. The van der Waals surface area contributed by atoms with Crippen LogP contribution in [0.1, 0.15) is 20.8 Å². The Kier molecular flexibility index (Phi) is 2.86. The first kappa shape index (κ1) is 12.2. The van der Waals surface area contributed by atoms with Gasteiger partial charge in [0.15, 0.2) is 11.4 Å². The number of hydrogen-bond acceptors (Lipinski definition) is 5. The van der Waals surface area contributed by atoms with E-state index in [0.717, 1.165) is 0 Å².